The Morgan fingerprint density at radius 1 is 1.83 bits per heavy atom. The molecule has 1 N–H and O–H groups in total. The van der Waals surface area contributed by atoms with Crippen LogP contribution in [-0.2, 0) is 0 Å². The molecular formula is C4H6N2+. The minimum atomic E-state index is 1.04. The van der Waals surface area contributed by atoms with Crippen LogP contribution in [0, 0.1) is 0 Å². The normalized spacial score (nSPS) is 17.2. The third-order valence-electron chi connectivity index (χ3n) is 0.640. The Morgan fingerprint density at radius 2 is 2.67 bits per heavy atom. The molecule has 0 bridgehead atoms. The average Bonchev–Trinajstić information content (AvgIpc) is 1.86. The molecule has 0 aromatic carbocycles. The van der Waals surface area contributed by atoms with Gasteiger partial charge in [0.25, 0.3) is 5.71 Å². The number of nitrogens with one attached hydrogen (secondary N) is 1. The zero-order chi connectivity index (χ0) is 4.41. The van der Waals surface area contributed by atoms with Gasteiger partial charge in [0.15, 0.2) is 5.10 Å². The zero-order valence-electron chi connectivity index (χ0n) is 3.60. The molecule has 0 spiro atoms. The first-order valence-corrected chi connectivity index (χ1v) is 1.86. The lowest BCUT2D eigenvalue weighted by Gasteiger charge is -1.53. The summed E-state index contributed by atoms with van der Waals surface area (Å²) in [5, 5.41) is 3.79. The van der Waals surface area contributed by atoms with Gasteiger partial charge in [-0.25, -0.2) is 0 Å². The first-order valence-electron chi connectivity index (χ1n) is 1.86. The Kier molecular flexibility index (Phi) is 0.638. The Balaban J connectivity index is 2.68. The highest BCUT2D eigenvalue weighted by atomic mass is 15.3. The van der Waals surface area contributed by atoms with E-state index in [-0.39, 0.29) is 0 Å². The summed E-state index contributed by atoms with van der Waals surface area (Å²) < 4.78 is 0. The van der Waals surface area contributed by atoms with E-state index in [9.17, 15) is 0 Å². The van der Waals surface area contributed by atoms with Crippen LogP contribution >= 0.6 is 0 Å². The second kappa shape index (κ2) is 1.12. The molecule has 0 unspecified atom stereocenters. The largest absolute Gasteiger partial charge is 0.285 e. The smallest absolute Gasteiger partial charge is 0.108 e. The number of nitrogens with zero attached hydrogens (tertiary/aromatic N) is 1. The standard InChI is InChI=1S/C4H6N2/c1-4-2-3-5-6-4/h2-3,5H,1H3/q+1. The molecule has 0 aromatic rings. The summed E-state index contributed by atoms with van der Waals surface area (Å²) in [5.74, 6) is 0. The molecule has 2 nitrogen and oxygen atoms in total. The van der Waals surface area contributed by atoms with Crippen LogP contribution in [-0.4, -0.2) is 5.71 Å². The number of hydrazone groups is 1. The van der Waals surface area contributed by atoms with Crippen LogP contribution < -0.4 is 10.5 Å². The molecule has 0 atom stereocenters. The molecule has 0 saturated heterocycles. The molecule has 0 saturated carbocycles. The van der Waals surface area contributed by atoms with Crippen LogP contribution in [0.2, 0.25) is 0 Å². The van der Waals surface area contributed by atoms with E-state index in [1.807, 2.05) is 13.0 Å². The molecular weight excluding hydrogens is 76.1 g/mol. The zero-order valence-corrected chi connectivity index (χ0v) is 3.60. The summed E-state index contributed by atoms with van der Waals surface area (Å²) >= 11 is 0. The van der Waals surface area contributed by atoms with Crippen molar-refractivity contribution >= 4 is 5.71 Å². The van der Waals surface area contributed by atoms with Crippen LogP contribution in [0.15, 0.2) is 12.3 Å². The number of allylic oxidation sites excluding steroid dienone is 1. The molecule has 1 aliphatic rings. The first-order chi connectivity index (χ1) is 2.89. The Hall–Kier alpha value is -0.790. The van der Waals surface area contributed by atoms with Gasteiger partial charge in [0, 0.05) is 13.0 Å². The lowest BCUT2D eigenvalue weighted by atomic mass is 10.4. The van der Waals surface area contributed by atoms with Crippen molar-refractivity contribution in [1.82, 2.24) is 10.5 Å². The Bertz CT molecular complexity index is 99.4. The highest BCUT2D eigenvalue weighted by molar-refractivity contribution is 5.92. The van der Waals surface area contributed by atoms with E-state index < -0.39 is 0 Å². The maximum atomic E-state index is 3.79. The summed E-state index contributed by atoms with van der Waals surface area (Å²) in [6.07, 6.45) is 3.72. The van der Waals surface area contributed by atoms with Crippen molar-refractivity contribution in [2.45, 2.75) is 6.92 Å². The second-order valence-electron chi connectivity index (χ2n) is 1.22. The summed E-state index contributed by atoms with van der Waals surface area (Å²) in [6, 6.07) is 0. The average molecular weight is 82.1 g/mol. The molecule has 1 radical (unpaired) electrons. The number of hydrogen-bond donors (Lipinski definition) is 1. The van der Waals surface area contributed by atoms with Gasteiger partial charge < -0.3 is 0 Å². The Labute approximate surface area is 36.6 Å². The summed E-state index contributed by atoms with van der Waals surface area (Å²) in [5.41, 5.74) is 3.72. The van der Waals surface area contributed by atoms with Crippen molar-refractivity contribution in [3.63, 3.8) is 0 Å². The Morgan fingerprint density at radius 3 is 2.83 bits per heavy atom. The van der Waals surface area contributed by atoms with Crippen LogP contribution in [0.25, 0.3) is 0 Å². The van der Waals surface area contributed by atoms with Crippen molar-refractivity contribution in [3.8, 4) is 0 Å². The highest BCUT2D eigenvalue weighted by Gasteiger charge is 2.01. The molecule has 1 heterocycles. The third kappa shape index (κ3) is 0.407. The van der Waals surface area contributed by atoms with E-state index in [4.69, 9.17) is 0 Å². The SMILES string of the molecule is CC1=[N+]NC=C1. The summed E-state index contributed by atoms with van der Waals surface area (Å²) in [4.78, 5) is 0. The highest BCUT2D eigenvalue weighted by Crippen LogP contribution is 1.74. The maximum Gasteiger partial charge on any atom is 0.285 e. The van der Waals surface area contributed by atoms with Crippen LogP contribution in [0.4, 0.5) is 0 Å². The quantitative estimate of drug-likeness (QED) is 0.431. The van der Waals surface area contributed by atoms with Crippen molar-refractivity contribution in [2.75, 3.05) is 0 Å². The molecule has 1 aliphatic heterocycles. The van der Waals surface area contributed by atoms with Gasteiger partial charge in [-0.1, -0.05) is 0 Å². The van der Waals surface area contributed by atoms with Gasteiger partial charge in [-0.05, 0) is 0 Å². The van der Waals surface area contributed by atoms with Crippen molar-refractivity contribution in [3.05, 3.63) is 12.3 Å². The molecule has 6 heavy (non-hydrogen) atoms. The topological polar surface area (TPSA) is 26.1 Å². The predicted octanol–water partition coefficient (Wildman–Crippen LogP) is -0.185. The van der Waals surface area contributed by atoms with Gasteiger partial charge in [0.1, 0.15) is 0 Å². The molecule has 0 fully saturated rings. The van der Waals surface area contributed by atoms with Gasteiger partial charge >= 0.3 is 0 Å². The van der Waals surface area contributed by atoms with Gasteiger partial charge in [-0.3, -0.25) is 0 Å². The second-order valence-corrected chi connectivity index (χ2v) is 1.22. The molecule has 1 rings (SSSR count). The minimum Gasteiger partial charge on any atom is -0.108 e. The molecule has 0 aromatic heterocycles. The molecule has 2 heteroatoms. The monoisotopic (exact) mass is 82.1 g/mol. The van der Waals surface area contributed by atoms with E-state index in [0.29, 0.717) is 0 Å². The molecule has 31 valence electrons. The van der Waals surface area contributed by atoms with E-state index in [1.54, 1.807) is 6.20 Å². The van der Waals surface area contributed by atoms with Crippen molar-refractivity contribution < 1.29 is 0 Å². The van der Waals surface area contributed by atoms with Gasteiger partial charge in [-0.15, -0.1) is 5.43 Å². The number of hydrogen-bond acceptors (Lipinski definition) is 2. The fourth-order valence-corrected chi connectivity index (χ4v) is 0.334. The summed E-state index contributed by atoms with van der Waals surface area (Å²) in [6.45, 7) is 1.94. The minimum absolute atomic E-state index is 1.04. The lowest BCUT2D eigenvalue weighted by Crippen LogP contribution is -2.04. The van der Waals surface area contributed by atoms with Gasteiger partial charge in [0.05, 0.1) is 6.20 Å². The summed E-state index contributed by atoms with van der Waals surface area (Å²) in [7, 11) is 0. The third-order valence-corrected chi connectivity index (χ3v) is 0.640. The maximum absolute atomic E-state index is 3.79. The van der Waals surface area contributed by atoms with E-state index in [0.717, 1.165) is 5.71 Å². The van der Waals surface area contributed by atoms with Crippen LogP contribution in [0.5, 0.6) is 0 Å². The number of rotatable bonds is 0. The predicted molar refractivity (Wildman–Crippen MR) is 25.1 cm³/mol. The lowest BCUT2D eigenvalue weighted by molar-refractivity contribution is 0.885. The fourth-order valence-electron chi connectivity index (χ4n) is 0.334. The van der Waals surface area contributed by atoms with E-state index in [2.05, 4.69) is 10.5 Å². The fraction of sp³-hybridized carbons (Fsp3) is 0.250. The van der Waals surface area contributed by atoms with Gasteiger partial charge in [-0.2, -0.15) is 0 Å². The van der Waals surface area contributed by atoms with Crippen LogP contribution in [0.3, 0.4) is 0 Å². The molecule has 0 aliphatic carbocycles. The van der Waals surface area contributed by atoms with E-state index >= 15 is 0 Å². The first kappa shape index (κ1) is 3.40. The van der Waals surface area contributed by atoms with Crippen LogP contribution in [0.1, 0.15) is 6.92 Å². The van der Waals surface area contributed by atoms with Crippen molar-refractivity contribution in [1.29, 1.82) is 0 Å². The molecule has 0 amide bonds. The van der Waals surface area contributed by atoms with Crippen molar-refractivity contribution in [2.24, 2.45) is 0 Å². The van der Waals surface area contributed by atoms with Gasteiger partial charge in [0.2, 0.25) is 0 Å². The van der Waals surface area contributed by atoms with E-state index in [1.165, 1.54) is 0 Å².